The second-order valence-corrected chi connectivity index (χ2v) is 8.29. The smallest absolute Gasteiger partial charge is 0.333 e. The average Bonchev–Trinajstić information content (AvgIpc) is 3.22. The third-order valence-electron chi connectivity index (χ3n) is 5.77. The van der Waals surface area contributed by atoms with E-state index < -0.39 is 5.97 Å². The van der Waals surface area contributed by atoms with Gasteiger partial charge in [-0.2, -0.15) is 0 Å². The lowest BCUT2D eigenvalue weighted by molar-refractivity contribution is -0.138. The topological polar surface area (TPSA) is 77.2 Å². The number of ether oxygens (including phenoxy) is 1. The van der Waals surface area contributed by atoms with Crippen molar-refractivity contribution in [3.63, 3.8) is 0 Å². The van der Waals surface area contributed by atoms with Crippen LogP contribution < -0.4 is 0 Å². The van der Waals surface area contributed by atoms with Crippen LogP contribution in [-0.2, 0) is 16.0 Å². The third-order valence-corrected chi connectivity index (χ3v) is 5.77. The normalized spacial score (nSPS) is 12.1. The summed E-state index contributed by atoms with van der Waals surface area (Å²) in [6.07, 6.45) is 6.05. The summed E-state index contributed by atoms with van der Waals surface area (Å²) in [6.45, 7) is 9.80. The van der Waals surface area contributed by atoms with E-state index in [1.54, 1.807) is 6.92 Å². The van der Waals surface area contributed by atoms with Crippen molar-refractivity contribution in [1.29, 1.82) is 0 Å². The first-order chi connectivity index (χ1) is 15.4. The zero-order valence-electron chi connectivity index (χ0n) is 19.3. The molecule has 0 aliphatic carbocycles. The number of unbranched alkanes of at least 4 members (excludes halogenated alkanes) is 2. The van der Waals surface area contributed by atoms with Gasteiger partial charge in [0.1, 0.15) is 22.5 Å². The van der Waals surface area contributed by atoms with Crippen molar-refractivity contribution in [2.24, 2.45) is 0 Å². The number of phenols is 1. The summed E-state index contributed by atoms with van der Waals surface area (Å²) < 4.78 is 5.27. The molecule has 1 heterocycles. The first kappa shape index (κ1) is 23.5. The maximum atomic E-state index is 11.8. The van der Waals surface area contributed by atoms with Gasteiger partial charge in [0.25, 0.3) is 0 Å². The first-order valence-corrected chi connectivity index (χ1v) is 11.4. The van der Waals surface area contributed by atoms with Crippen molar-refractivity contribution in [3.8, 4) is 11.4 Å². The number of carbonyl (C=O) groups excluding carboxylic acids is 1. The Kier molecular flexibility index (Phi) is 8.03. The third kappa shape index (κ3) is 5.55. The molecule has 170 valence electrons. The molecule has 32 heavy (non-hydrogen) atoms. The summed E-state index contributed by atoms with van der Waals surface area (Å²) in [5.74, 6) is 0.0679. The molecule has 1 unspecified atom stereocenters. The lowest BCUT2D eigenvalue weighted by Crippen LogP contribution is -2.10. The van der Waals surface area contributed by atoms with Gasteiger partial charge in [-0.1, -0.05) is 57.9 Å². The lowest BCUT2D eigenvalue weighted by Gasteiger charge is -2.19. The van der Waals surface area contributed by atoms with Crippen molar-refractivity contribution < 1.29 is 14.6 Å². The van der Waals surface area contributed by atoms with E-state index in [0.717, 1.165) is 35.0 Å². The number of nitrogens with zero attached hydrogens (tertiary/aromatic N) is 3. The van der Waals surface area contributed by atoms with Gasteiger partial charge in [0.15, 0.2) is 0 Å². The Balaban J connectivity index is 1.98. The van der Waals surface area contributed by atoms with Gasteiger partial charge in [0.05, 0.1) is 6.61 Å². The molecule has 0 saturated heterocycles. The highest BCUT2D eigenvalue weighted by atomic mass is 16.5. The molecular weight excluding hydrogens is 402 g/mol. The Labute approximate surface area is 189 Å². The predicted octanol–water partition coefficient (Wildman–Crippen LogP) is 5.86. The highest BCUT2D eigenvalue weighted by Gasteiger charge is 2.19. The van der Waals surface area contributed by atoms with Crippen LogP contribution in [0.15, 0.2) is 48.6 Å². The van der Waals surface area contributed by atoms with Crippen LogP contribution in [0, 0.1) is 0 Å². The summed E-state index contributed by atoms with van der Waals surface area (Å²) in [5, 5.41) is 20.2. The van der Waals surface area contributed by atoms with Crippen LogP contribution in [0.3, 0.4) is 0 Å². The maximum absolute atomic E-state index is 11.8. The minimum Gasteiger partial charge on any atom is -0.505 e. The Morgan fingerprint density at radius 1 is 1.16 bits per heavy atom. The molecule has 1 aromatic heterocycles. The number of fused-ring (bicyclic) bond motifs is 1. The van der Waals surface area contributed by atoms with Gasteiger partial charge in [-0.05, 0) is 55.0 Å². The number of carbonyl (C=O) groups is 1. The highest BCUT2D eigenvalue weighted by Crippen LogP contribution is 2.34. The fraction of sp³-hybridized carbons (Fsp3) is 0.423. The molecule has 3 aromatic rings. The van der Waals surface area contributed by atoms with Crippen molar-refractivity contribution >= 4 is 17.0 Å². The van der Waals surface area contributed by atoms with Crippen molar-refractivity contribution in [2.75, 3.05) is 6.61 Å². The summed E-state index contributed by atoms with van der Waals surface area (Å²) in [7, 11) is 0. The molecule has 0 fully saturated rings. The minimum atomic E-state index is -0.424. The predicted molar refractivity (Wildman–Crippen MR) is 127 cm³/mol. The minimum absolute atomic E-state index is 0.115. The molecule has 6 heteroatoms. The number of aromatic hydroxyl groups is 1. The fourth-order valence-corrected chi connectivity index (χ4v) is 3.87. The molecule has 2 aromatic carbocycles. The monoisotopic (exact) mass is 435 g/mol. The molecule has 0 amide bonds. The molecule has 0 radical (unpaired) electrons. The zero-order valence-corrected chi connectivity index (χ0v) is 19.3. The summed E-state index contributed by atoms with van der Waals surface area (Å²) in [5.41, 5.74) is 4.32. The molecule has 1 N–H and O–H groups in total. The van der Waals surface area contributed by atoms with Gasteiger partial charge in [-0.15, -0.1) is 15.0 Å². The standard InChI is InChI=1S/C26H33N3O3/c1-5-7-8-11-19(6-2)21-16-20(14-15-32-26(31)18(3)4)25(30)24(17-21)29-27-22-12-9-10-13-23(22)28-29/h9-10,12-13,16-17,19,30H,3,5-8,11,14-15H2,1-2,4H3. The van der Waals surface area contributed by atoms with Crippen molar-refractivity contribution in [2.45, 2.75) is 65.2 Å². The molecule has 0 bridgehead atoms. The Hall–Kier alpha value is -3.15. The quantitative estimate of drug-likeness (QED) is 0.232. The number of hydrogen-bond donors (Lipinski definition) is 1. The maximum Gasteiger partial charge on any atom is 0.333 e. The van der Waals surface area contributed by atoms with Crippen LogP contribution >= 0.6 is 0 Å². The number of phenolic OH excluding ortho intramolecular Hbond substituents is 1. The van der Waals surface area contributed by atoms with E-state index in [1.165, 1.54) is 24.1 Å². The molecule has 0 aliphatic rings. The highest BCUT2D eigenvalue weighted by molar-refractivity contribution is 5.86. The van der Waals surface area contributed by atoms with E-state index in [2.05, 4.69) is 30.6 Å². The van der Waals surface area contributed by atoms with Crippen LogP contribution in [-0.4, -0.2) is 32.7 Å². The van der Waals surface area contributed by atoms with Crippen LogP contribution in [0.25, 0.3) is 16.7 Å². The number of aromatic nitrogens is 3. The second-order valence-electron chi connectivity index (χ2n) is 8.29. The number of rotatable bonds is 11. The van der Waals surface area contributed by atoms with E-state index >= 15 is 0 Å². The number of benzene rings is 2. The largest absolute Gasteiger partial charge is 0.505 e. The summed E-state index contributed by atoms with van der Waals surface area (Å²) >= 11 is 0. The van der Waals surface area contributed by atoms with Crippen LogP contribution in [0.1, 0.15) is 69.9 Å². The van der Waals surface area contributed by atoms with Crippen LogP contribution in [0.4, 0.5) is 0 Å². The molecule has 6 nitrogen and oxygen atoms in total. The van der Waals surface area contributed by atoms with Gasteiger partial charge in [-0.25, -0.2) is 4.79 Å². The van der Waals surface area contributed by atoms with Crippen LogP contribution in [0.2, 0.25) is 0 Å². The van der Waals surface area contributed by atoms with Gasteiger partial charge in [0, 0.05) is 12.0 Å². The first-order valence-electron chi connectivity index (χ1n) is 11.4. The van der Waals surface area contributed by atoms with Crippen molar-refractivity contribution in [1.82, 2.24) is 15.0 Å². The molecule has 3 rings (SSSR count). The summed E-state index contributed by atoms with van der Waals surface area (Å²) in [6, 6.07) is 11.7. The van der Waals surface area contributed by atoms with E-state index in [1.807, 2.05) is 36.4 Å². The Morgan fingerprint density at radius 2 is 1.84 bits per heavy atom. The van der Waals surface area contributed by atoms with E-state index in [4.69, 9.17) is 4.74 Å². The molecule has 0 spiro atoms. The van der Waals surface area contributed by atoms with E-state index in [0.29, 0.717) is 23.6 Å². The second kappa shape index (κ2) is 10.9. The van der Waals surface area contributed by atoms with Gasteiger partial charge < -0.3 is 9.84 Å². The fourth-order valence-electron chi connectivity index (χ4n) is 3.87. The Morgan fingerprint density at radius 3 is 2.44 bits per heavy atom. The van der Waals surface area contributed by atoms with E-state index in [-0.39, 0.29) is 12.4 Å². The molecule has 0 saturated carbocycles. The zero-order chi connectivity index (χ0) is 23.1. The van der Waals surface area contributed by atoms with Crippen LogP contribution in [0.5, 0.6) is 5.75 Å². The van der Waals surface area contributed by atoms with Gasteiger partial charge in [-0.3, -0.25) is 0 Å². The van der Waals surface area contributed by atoms with Crippen molar-refractivity contribution in [3.05, 3.63) is 59.7 Å². The van der Waals surface area contributed by atoms with Gasteiger partial charge in [0.2, 0.25) is 0 Å². The number of esters is 1. The molecular formula is C26H33N3O3. The van der Waals surface area contributed by atoms with E-state index in [9.17, 15) is 9.90 Å². The van der Waals surface area contributed by atoms with Gasteiger partial charge >= 0.3 is 5.97 Å². The summed E-state index contributed by atoms with van der Waals surface area (Å²) in [4.78, 5) is 13.3. The average molecular weight is 436 g/mol. The number of hydrogen-bond acceptors (Lipinski definition) is 5. The lowest BCUT2D eigenvalue weighted by atomic mass is 9.89. The molecule has 0 aliphatic heterocycles. The Bertz CT molecular complexity index is 1050. The molecule has 1 atom stereocenters. The SMILES string of the molecule is C=C(C)C(=O)OCCc1cc(C(CC)CCCCC)cc(-n2nc3ccccc3n2)c1O.